The Bertz CT molecular complexity index is 406. The Morgan fingerprint density at radius 1 is 1.42 bits per heavy atom. The summed E-state index contributed by atoms with van der Waals surface area (Å²) in [6.45, 7) is 4.00. The van der Waals surface area contributed by atoms with Gasteiger partial charge in [-0.2, -0.15) is 0 Å². The molecule has 2 unspecified atom stereocenters. The summed E-state index contributed by atoms with van der Waals surface area (Å²) in [7, 11) is 0. The van der Waals surface area contributed by atoms with Gasteiger partial charge in [-0.1, -0.05) is 0 Å². The van der Waals surface area contributed by atoms with Gasteiger partial charge in [0.25, 0.3) is 0 Å². The predicted octanol–water partition coefficient (Wildman–Crippen LogP) is 0.465. The molecule has 2 rings (SSSR count). The maximum Gasteiger partial charge on any atom is 0.119 e. The van der Waals surface area contributed by atoms with Crippen molar-refractivity contribution in [3.8, 4) is 5.75 Å². The van der Waals surface area contributed by atoms with Crippen molar-refractivity contribution >= 4 is 5.69 Å². The average Bonchev–Trinajstić information content (AvgIpc) is 2.68. The van der Waals surface area contributed by atoms with Gasteiger partial charge in [-0.05, 0) is 37.6 Å². The minimum absolute atomic E-state index is 0.239. The van der Waals surface area contributed by atoms with Crippen molar-refractivity contribution in [2.24, 2.45) is 0 Å². The molecule has 0 aromatic heterocycles. The van der Waals surface area contributed by atoms with Gasteiger partial charge in [-0.25, -0.2) is 0 Å². The molecular weight excluding hydrogens is 244 g/mol. The monoisotopic (exact) mass is 266 g/mol. The summed E-state index contributed by atoms with van der Waals surface area (Å²) in [6.07, 6.45) is 0.185. The van der Waals surface area contributed by atoms with E-state index in [1.54, 1.807) is 24.3 Å². The quantitative estimate of drug-likeness (QED) is 0.675. The third-order valence-corrected chi connectivity index (χ3v) is 3.32. The van der Waals surface area contributed by atoms with Gasteiger partial charge in [0.15, 0.2) is 0 Å². The summed E-state index contributed by atoms with van der Waals surface area (Å²) in [5, 5.41) is 19.8. The molecule has 1 saturated heterocycles. The van der Waals surface area contributed by atoms with E-state index in [2.05, 4.69) is 4.90 Å². The molecule has 1 aromatic rings. The Hall–Kier alpha value is -1.30. The molecule has 2 atom stereocenters. The first-order valence-corrected chi connectivity index (χ1v) is 6.56. The van der Waals surface area contributed by atoms with Crippen LogP contribution in [0.4, 0.5) is 5.69 Å². The molecule has 1 heterocycles. The molecule has 0 aliphatic carbocycles. The van der Waals surface area contributed by atoms with Crippen molar-refractivity contribution in [3.05, 3.63) is 24.3 Å². The molecule has 1 fully saturated rings. The first-order chi connectivity index (χ1) is 8.94. The van der Waals surface area contributed by atoms with E-state index in [4.69, 9.17) is 10.5 Å². The zero-order valence-electron chi connectivity index (χ0n) is 11.2. The van der Waals surface area contributed by atoms with E-state index in [0.717, 1.165) is 13.0 Å². The molecular formula is C14H22N2O3. The third-order valence-electron chi connectivity index (χ3n) is 3.32. The number of β-amino-alcohol motifs (C(OH)–C–C–N with tert-alkyl or cyclic N) is 2. The van der Waals surface area contributed by atoms with E-state index >= 15 is 0 Å². The normalized spacial score (nSPS) is 25.4. The molecule has 1 aliphatic rings. The standard InChI is InChI=1S/C14H22N2O3/c1-14(18)6-7-16(10-14)8-12(17)9-19-13-4-2-11(15)3-5-13/h2-5,12,17-18H,6-10,15H2,1H3. The van der Waals surface area contributed by atoms with Crippen LogP contribution in [0, 0.1) is 0 Å². The summed E-state index contributed by atoms with van der Waals surface area (Å²) in [5.74, 6) is 0.696. The van der Waals surface area contributed by atoms with Gasteiger partial charge in [-0.3, -0.25) is 4.90 Å². The fourth-order valence-electron chi connectivity index (χ4n) is 2.30. The topological polar surface area (TPSA) is 79.0 Å². The van der Waals surface area contributed by atoms with E-state index < -0.39 is 11.7 Å². The van der Waals surface area contributed by atoms with E-state index in [1.807, 2.05) is 6.92 Å². The minimum Gasteiger partial charge on any atom is -0.491 e. The summed E-state index contributed by atoms with van der Waals surface area (Å²) in [5.41, 5.74) is 5.64. The number of benzene rings is 1. The van der Waals surface area contributed by atoms with Crippen molar-refractivity contribution in [2.45, 2.75) is 25.0 Å². The number of rotatable bonds is 5. The highest BCUT2D eigenvalue weighted by molar-refractivity contribution is 5.41. The lowest BCUT2D eigenvalue weighted by molar-refractivity contribution is 0.0467. The van der Waals surface area contributed by atoms with Crippen LogP contribution in [-0.2, 0) is 0 Å². The van der Waals surface area contributed by atoms with Crippen molar-refractivity contribution < 1.29 is 14.9 Å². The highest BCUT2D eigenvalue weighted by Crippen LogP contribution is 2.20. The zero-order valence-corrected chi connectivity index (χ0v) is 11.2. The molecule has 106 valence electrons. The fraction of sp³-hybridized carbons (Fsp3) is 0.571. The lowest BCUT2D eigenvalue weighted by atomic mass is 10.1. The van der Waals surface area contributed by atoms with Gasteiger partial charge >= 0.3 is 0 Å². The van der Waals surface area contributed by atoms with Crippen LogP contribution in [-0.4, -0.2) is 53.1 Å². The maximum atomic E-state index is 9.92. The lowest BCUT2D eigenvalue weighted by Crippen LogP contribution is -2.37. The Morgan fingerprint density at radius 3 is 2.68 bits per heavy atom. The van der Waals surface area contributed by atoms with E-state index in [-0.39, 0.29) is 6.61 Å². The maximum absolute atomic E-state index is 9.92. The van der Waals surface area contributed by atoms with Gasteiger partial charge in [0.05, 0.1) is 5.60 Å². The first-order valence-electron chi connectivity index (χ1n) is 6.56. The van der Waals surface area contributed by atoms with Crippen LogP contribution < -0.4 is 10.5 Å². The van der Waals surface area contributed by atoms with Gasteiger partial charge in [-0.15, -0.1) is 0 Å². The van der Waals surface area contributed by atoms with Crippen LogP contribution in [0.25, 0.3) is 0 Å². The molecule has 4 N–H and O–H groups in total. The van der Waals surface area contributed by atoms with Crippen LogP contribution >= 0.6 is 0 Å². The van der Waals surface area contributed by atoms with Crippen LogP contribution in [0.5, 0.6) is 5.75 Å². The predicted molar refractivity (Wildman–Crippen MR) is 74.0 cm³/mol. The Kier molecular flexibility index (Phi) is 4.29. The fourth-order valence-corrected chi connectivity index (χ4v) is 2.30. The molecule has 0 bridgehead atoms. The Labute approximate surface area is 113 Å². The van der Waals surface area contributed by atoms with E-state index in [0.29, 0.717) is 24.5 Å². The number of aliphatic hydroxyl groups is 2. The smallest absolute Gasteiger partial charge is 0.119 e. The van der Waals surface area contributed by atoms with Crippen molar-refractivity contribution in [3.63, 3.8) is 0 Å². The summed E-state index contributed by atoms with van der Waals surface area (Å²) < 4.78 is 5.49. The number of nitrogen functional groups attached to an aromatic ring is 1. The summed E-state index contributed by atoms with van der Waals surface area (Å²) >= 11 is 0. The molecule has 1 aromatic carbocycles. The van der Waals surface area contributed by atoms with Gasteiger partial charge in [0.1, 0.15) is 18.5 Å². The van der Waals surface area contributed by atoms with E-state index in [1.165, 1.54) is 0 Å². The number of aliphatic hydroxyl groups excluding tert-OH is 1. The molecule has 5 nitrogen and oxygen atoms in total. The second kappa shape index (κ2) is 5.77. The number of ether oxygens (including phenoxy) is 1. The number of nitrogens with two attached hydrogens (primary N) is 1. The zero-order chi connectivity index (χ0) is 13.9. The Morgan fingerprint density at radius 2 is 2.11 bits per heavy atom. The van der Waals surface area contributed by atoms with Crippen LogP contribution in [0.2, 0.25) is 0 Å². The largest absolute Gasteiger partial charge is 0.491 e. The SMILES string of the molecule is CC1(O)CCN(CC(O)COc2ccc(N)cc2)C1. The first kappa shape index (κ1) is 14.1. The third kappa shape index (κ3) is 4.38. The van der Waals surface area contributed by atoms with E-state index in [9.17, 15) is 10.2 Å². The second-order valence-electron chi connectivity index (χ2n) is 5.52. The van der Waals surface area contributed by atoms with Gasteiger partial charge < -0.3 is 20.7 Å². The van der Waals surface area contributed by atoms with Crippen LogP contribution in [0.1, 0.15) is 13.3 Å². The molecule has 1 aliphatic heterocycles. The number of hydrogen-bond donors (Lipinski definition) is 3. The molecule has 0 radical (unpaired) electrons. The summed E-state index contributed by atoms with van der Waals surface area (Å²) in [4.78, 5) is 2.05. The van der Waals surface area contributed by atoms with Gasteiger partial charge in [0.2, 0.25) is 0 Å². The van der Waals surface area contributed by atoms with Crippen molar-refractivity contribution in [2.75, 3.05) is 32.0 Å². The average molecular weight is 266 g/mol. The molecule has 19 heavy (non-hydrogen) atoms. The lowest BCUT2D eigenvalue weighted by Gasteiger charge is -2.21. The van der Waals surface area contributed by atoms with Gasteiger partial charge in [0, 0.05) is 25.3 Å². The molecule has 0 amide bonds. The highest BCUT2D eigenvalue weighted by atomic mass is 16.5. The number of anilines is 1. The highest BCUT2D eigenvalue weighted by Gasteiger charge is 2.31. The number of likely N-dealkylation sites (tertiary alicyclic amines) is 1. The molecule has 0 saturated carbocycles. The van der Waals surface area contributed by atoms with Crippen LogP contribution in [0.15, 0.2) is 24.3 Å². The summed E-state index contributed by atoms with van der Waals surface area (Å²) in [6, 6.07) is 7.09. The van der Waals surface area contributed by atoms with Crippen LogP contribution in [0.3, 0.4) is 0 Å². The molecule has 5 heteroatoms. The Balaban J connectivity index is 1.73. The minimum atomic E-state index is -0.627. The number of nitrogens with zero attached hydrogens (tertiary/aromatic N) is 1. The number of hydrogen-bond acceptors (Lipinski definition) is 5. The molecule has 0 spiro atoms. The van der Waals surface area contributed by atoms with Crippen molar-refractivity contribution in [1.82, 2.24) is 4.90 Å². The van der Waals surface area contributed by atoms with Crippen molar-refractivity contribution in [1.29, 1.82) is 0 Å². The second-order valence-corrected chi connectivity index (χ2v) is 5.52.